The second kappa shape index (κ2) is 9.11. The van der Waals surface area contributed by atoms with Gasteiger partial charge in [0, 0.05) is 11.3 Å². The smallest absolute Gasteiger partial charge is 0.306 e. The van der Waals surface area contributed by atoms with E-state index in [4.69, 9.17) is 15.6 Å². The van der Waals surface area contributed by atoms with Crippen LogP contribution in [0.3, 0.4) is 0 Å². The highest BCUT2D eigenvalue weighted by Crippen LogP contribution is 2.27. The highest BCUT2D eigenvalue weighted by atomic mass is 19.1. The number of halogens is 2. The Labute approximate surface area is 177 Å². The van der Waals surface area contributed by atoms with Crippen LogP contribution in [-0.2, 0) is 22.6 Å². The molecule has 0 saturated carbocycles. The number of primary amides is 1. The molecule has 0 aliphatic heterocycles. The average Bonchev–Trinajstić information content (AvgIpc) is 3.07. The summed E-state index contributed by atoms with van der Waals surface area (Å²) < 4.78 is 35.9. The van der Waals surface area contributed by atoms with E-state index < -0.39 is 35.2 Å². The molecule has 1 unspecified atom stereocenters. The molecule has 0 fully saturated rings. The molecule has 0 radical (unpaired) electrons. The van der Waals surface area contributed by atoms with Gasteiger partial charge < -0.3 is 15.6 Å². The minimum atomic E-state index is -1.04. The second-order valence-electron chi connectivity index (χ2n) is 7.52. The average molecular weight is 431 g/mol. The van der Waals surface area contributed by atoms with E-state index in [1.54, 1.807) is 29.8 Å². The second-order valence-corrected chi connectivity index (χ2v) is 7.52. The fourth-order valence-corrected chi connectivity index (χ4v) is 3.37. The summed E-state index contributed by atoms with van der Waals surface area (Å²) >= 11 is 0. The zero-order valence-electron chi connectivity index (χ0n) is 17.2. The van der Waals surface area contributed by atoms with Crippen molar-refractivity contribution >= 4 is 17.6 Å². The van der Waals surface area contributed by atoms with Crippen LogP contribution in [0.5, 0.6) is 5.75 Å². The summed E-state index contributed by atoms with van der Waals surface area (Å²) in [5, 5.41) is 13.4. The summed E-state index contributed by atoms with van der Waals surface area (Å²) in [6.45, 7) is 3.12. The van der Waals surface area contributed by atoms with Crippen LogP contribution in [0.15, 0.2) is 35.9 Å². The van der Waals surface area contributed by atoms with Crippen LogP contribution in [0.25, 0.3) is 5.70 Å². The number of allylic oxidation sites excluding steroid dienone is 3. The molecule has 1 aromatic heterocycles. The molecule has 1 aromatic carbocycles. The molecule has 0 saturated heterocycles. The number of nitrogens with two attached hydrogens (primary N) is 1. The molecule has 1 aliphatic carbocycles. The maximum atomic E-state index is 14.4. The van der Waals surface area contributed by atoms with Crippen LogP contribution in [-0.4, -0.2) is 26.8 Å². The number of ether oxygens (including phenoxy) is 1. The lowest BCUT2D eigenvalue weighted by molar-refractivity contribution is -0.141. The molecule has 7 nitrogen and oxygen atoms in total. The van der Waals surface area contributed by atoms with Crippen molar-refractivity contribution in [3.05, 3.63) is 64.5 Å². The van der Waals surface area contributed by atoms with E-state index in [9.17, 15) is 18.4 Å². The van der Waals surface area contributed by atoms with Crippen LogP contribution in [0, 0.1) is 24.5 Å². The first-order chi connectivity index (χ1) is 14.7. The van der Waals surface area contributed by atoms with Crippen molar-refractivity contribution in [2.45, 2.75) is 39.7 Å². The lowest BCUT2D eigenvalue weighted by Gasteiger charge is -2.16. The molecule has 1 aliphatic rings. The highest BCUT2D eigenvalue weighted by molar-refractivity contribution is 5.93. The fraction of sp³-hybridized carbons (Fsp3) is 0.318. The van der Waals surface area contributed by atoms with Crippen LogP contribution in [0.4, 0.5) is 8.78 Å². The summed E-state index contributed by atoms with van der Waals surface area (Å²) in [5.41, 5.74) is 8.14. The summed E-state index contributed by atoms with van der Waals surface area (Å²) in [4.78, 5) is 22.3. The summed E-state index contributed by atoms with van der Waals surface area (Å²) in [6.07, 6.45) is 4.38. The molecule has 3 N–H and O–H groups in total. The van der Waals surface area contributed by atoms with Gasteiger partial charge in [0.2, 0.25) is 5.91 Å². The number of carboxylic acids is 1. The SMILES string of the molecule is Cc1cc(COc2c(F)cc(CC(C)C(=O)O)cc2F)n(C2=CC=C(C(N)=O)CC2)n1. The van der Waals surface area contributed by atoms with Crippen LogP contribution >= 0.6 is 0 Å². The van der Waals surface area contributed by atoms with Crippen LogP contribution < -0.4 is 10.5 Å². The minimum Gasteiger partial charge on any atom is -0.481 e. The number of hydrogen-bond acceptors (Lipinski definition) is 4. The predicted octanol–water partition coefficient (Wildman–Crippen LogP) is 3.36. The number of aryl methyl sites for hydroxylation is 1. The molecule has 1 atom stereocenters. The molecule has 0 spiro atoms. The number of carboxylic acid groups (broad SMARTS) is 1. The maximum Gasteiger partial charge on any atom is 0.306 e. The number of benzene rings is 1. The molecule has 0 bridgehead atoms. The van der Waals surface area contributed by atoms with Crippen molar-refractivity contribution in [2.75, 3.05) is 0 Å². The molecule has 1 heterocycles. The van der Waals surface area contributed by atoms with Gasteiger partial charge in [-0.15, -0.1) is 0 Å². The zero-order valence-corrected chi connectivity index (χ0v) is 17.2. The number of nitrogens with zero attached hydrogens (tertiary/aromatic N) is 2. The molecule has 164 valence electrons. The van der Waals surface area contributed by atoms with Crippen LogP contribution in [0.1, 0.15) is 36.7 Å². The zero-order chi connectivity index (χ0) is 22.7. The van der Waals surface area contributed by atoms with Crippen molar-refractivity contribution in [2.24, 2.45) is 11.7 Å². The van der Waals surface area contributed by atoms with Gasteiger partial charge in [0.1, 0.15) is 6.61 Å². The third-order valence-corrected chi connectivity index (χ3v) is 5.01. The van der Waals surface area contributed by atoms with Crippen molar-refractivity contribution in [1.29, 1.82) is 0 Å². The molecule has 9 heteroatoms. The Balaban J connectivity index is 1.78. The minimum absolute atomic E-state index is 0.00435. The van der Waals surface area contributed by atoms with Gasteiger partial charge >= 0.3 is 5.97 Å². The number of aromatic nitrogens is 2. The fourth-order valence-electron chi connectivity index (χ4n) is 3.37. The van der Waals surface area contributed by atoms with Crippen molar-refractivity contribution in [1.82, 2.24) is 9.78 Å². The van der Waals surface area contributed by atoms with Gasteiger partial charge in [-0.3, -0.25) is 9.59 Å². The lowest BCUT2D eigenvalue weighted by atomic mass is 10.0. The Kier molecular flexibility index (Phi) is 6.53. The van der Waals surface area contributed by atoms with Crippen LogP contribution in [0.2, 0.25) is 0 Å². The lowest BCUT2D eigenvalue weighted by Crippen LogP contribution is -2.17. The third kappa shape index (κ3) is 5.17. The van der Waals surface area contributed by atoms with E-state index >= 15 is 0 Å². The number of rotatable bonds is 8. The van der Waals surface area contributed by atoms with E-state index in [-0.39, 0.29) is 18.6 Å². The standard InChI is InChI=1S/C22H23F2N3O4/c1-12(22(29)30)7-14-9-18(23)20(19(24)10-14)31-11-17-8-13(2)26-27(17)16-5-3-15(4-6-16)21(25)28/h3,5,8-10,12H,4,6-7,11H2,1-2H3,(H2,25,28)(H,29,30). The van der Waals surface area contributed by atoms with E-state index in [2.05, 4.69) is 5.10 Å². The van der Waals surface area contributed by atoms with E-state index in [0.29, 0.717) is 29.8 Å². The number of aliphatic carboxylic acids is 1. The van der Waals surface area contributed by atoms with Crippen molar-refractivity contribution in [3.63, 3.8) is 0 Å². The summed E-state index contributed by atoms with van der Waals surface area (Å²) in [5.74, 6) is -4.62. The maximum absolute atomic E-state index is 14.4. The molecule has 3 rings (SSSR count). The first kappa shape index (κ1) is 22.2. The Morgan fingerprint density at radius 1 is 1.23 bits per heavy atom. The van der Waals surface area contributed by atoms with Gasteiger partial charge in [-0.2, -0.15) is 5.10 Å². The Bertz CT molecular complexity index is 1070. The molecule has 2 aromatic rings. The molecule has 31 heavy (non-hydrogen) atoms. The highest BCUT2D eigenvalue weighted by Gasteiger charge is 2.19. The van der Waals surface area contributed by atoms with Gasteiger partial charge in [-0.05, 0) is 56.0 Å². The Morgan fingerprint density at radius 3 is 2.45 bits per heavy atom. The van der Waals surface area contributed by atoms with E-state index in [0.717, 1.165) is 17.8 Å². The van der Waals surface area contributed by atoms with Crippen molar-refractivity contribution < 1.29 is 28.2 Å². The van der Waals surface area contributed by atoms with Gasteiger partial charge in [0.25, 0.3) is 0 Å². The molecule has 1 amide bonds. The molecular weight excluding hydrogens is 408 g/mol. The summed E-state index contributed by atoms with van der Waals surface area (Å²) in [6, 6.07) is 3.91. The molecular formula is C22H23F2N3O4. The normalized spacial score (nSPS) is 14.6. The van der Waals surface area contributed by atoms with Crippen molar-refractivity contribution in [3.8, 4) is 5.75 Å². The van der Waals surface area contributed by atoms with Gasteiger partial charge in [0.15, 0.2) is 17.4 Å². The quantitative estimate of drug-likeness (QED) is 0.667. The topological polar surface area (TPSA) is 107 Å². The number of hydrogen-bond donors (Lipinski definition) is 2. The first-order valence-corrected chi connectivity index (χ1v) is 9.74. The Hall–Kier alpha value is -3.49. The van der Waals surface area contributed by atoms with Gasteiger partial charge in [0.05, 0.1) is 17.3 Å². The van der Waals surface area contributed by atoms with Gasteiger partial charge in [-0.25, -0.2) is 13.5 Å². The first-order valence-electron chi connectivity index (χ1n) is 9.74. The van der Waals surface area contributed by atoms with Gasteiger partial charge in [-0.1, -0.05) is 13.0 Å². The van der Waals surface area contributed by atoms with E-state index in [1.165, 1.54) is 6.92 Å². The number of amides is 1. The Morgan fingerprint density at radius 2 is 1.90 bits per heavy atom. The monoisotopic (exact) mass is 431 g/mol. The predicted molar refractivity (Wildman–Crippen MR) is 109 cm³/mol. The number of carbonyl (C=O) groups is 2. The number of carbonyl (C=O) groups excluding carboxylic acids is 1. The summed E-state index contributed by atoms with van der Waals surface area (Å²) in [7, 11) is 0. The third-order valence-electron chi connectivity index (χ3n) is 5.01. The largest absolute Gasteiger partial charge is 0.481 e. The van der Waals surface area contributed by atoms with E-state index in [1.807, 2.05) is 0 Å².